The molecule has 0 radical (unpaired) electrons. The lowest BCUT2D eigenvalue weighted by Crippen LogP contribution is -2.42. The lowest BCUT2D eigenvalue weighted by Gasteiger charge is -2.39. The van der Waals surface area contributed by atoms with Gasteiger partial charge in [0.05, 0.1) is 0 Å². The zero-order chi connectivity index (χ0) is 12.8. The maximum absolute atomic E-state index is 2.71. The van der Waals surface area contributed by atoms with E-state index in [9.17, 15) is 0 Å². The van der Waals surface area contributed by atoms with E-state index < -0.39 is 0 Å². The second kappa shape index (κ2) is 7.41. The Balaban J connectivity index is 2.44. The Morgan fingerprint density at radius 1 is 1.06 bits per heavy atom. The average molecular weight is 239 g/mol. The molecule has 1 saturated carbocycles. The van der Waals surface area contributed by atoms with Gasteiger partial charge < -0.3 is 4.90 Å². The van der Waals surface area contributed by atoms with Crippen LogP contribution in [0.1, 0.15) is 72.6 Å². The third kappa shape index (κ3) is 4.62. The summed E-state index contributed by atoms with van der Waals surface area (Å²) in [6.07, 6.45) is 9.75. The zero-order valence-corrected chi connectivity index (χ0v) is 12.7. The minimum atomic E-state index is 0.809. The van der Waals surface area contributed by atoms with Gasteiger partial charge in [0, 0.05) is 12.1 Å². The van der Waals surface area contributed by atoms with E-state index in [1.807, 2.05) is 0 Å². The Morgan fingerprint density at radius 3 is 2.12 bits per heavy atom. The second-order valence-corrected chi connectivity index (χ2v) is 6.39. The Labute approximate surface area is 109 Å². The van der Waals surface area contributed by atoms with E-state index in [0.717, 1.165) is 23.9 Å². The van der Waals surface area contributed by atoms with E-state index in [0.29, 0.717) is 0 Å². The molecule has 2 unspecified atom stereocenters. The van der Waals surface area contributed by atoms with Gasteiger partial charge in [0.2, 0.25) is 0 Å². The molecule has 17 heavy (non-hydrogen) atoms. The molecule has 1 heteroatoms. The molecule has 1 aliphatic carbocycles. The maximum Gasteiger partial charge on any atom is 0.00953 e. The predicted molar refractivity (Wildman–Crippen MR) is 77.3 cm³/mol. The smallest absolute Gasteiger partial charge is 0.00953 e. The largest absolute Gasteiger partial charge is 0.300 e. The molecule has 0 saturated heterocycles. The fourth-order valence-electron chi connectivity index (χ4n) is 3.20. The van der Waals surface area contributed by atoms with Crippen LogP contribution in [0.2, 0.25) is 0 Å². The van der Waals surface area contributed by atoms with Gasteiger partial charge in [0.25, 0.3) is 0 Å². The Hall–Kier alpha value is -0.0400. The van der Waals surface area contributed by atoms with Crippen molar-refractivity contribution in [2.45, 2.75) is 84.7 Å². The van der Waals surface area contributed by atoms with Crippen LogP contribution in [0.4, 0.5) is 0 Å². The van der Waals surface area contributed by atoms with Gasteiger partial charge in [-0.3, -0.25) is 0 Å². The minimum Gasteiger partial charge on any atom is -0.300 e. The molecule has 0 N–H and O–H groups in total. The van der Waals surface area contributed by atoms with Crippen LogP contribution in [0.3, 0.4) is 0 Å². The molecule has 0 amide bonds. The van der Waals surface area contributed by atoms with Crippen LogP contribution in [0.25, 0.3) is 0 Å². The lowest BCUT2D eigenvalue weighted by atomic mass is 9.85. The summed E-state index contributed by atoms with van der Waals surface area (Å²) in [7, 11) is 2.37. The molecule has 1 rings (SSSR count). The molecule has 2 atom stereocenters. The van der Waals surface area contributed by atoms with Gasteiger partial charge in [-0.15, -0.1) is 0 Å². The van der Waals surface area contributed by atoms with Crippen LogP contribution >= 0.6 is 0 Å². The topological polar surface area (TPSA) is 3.24 Å². The Bertz CT molecular complexity index is 194. The predicted octanol–water partition coefficient (Wildman–Crippen LogP) is 4.71. The number of rotatable bonds is 6. The molecule has 0 aliphatic heterocycles. The second-order valence-electron chi connectivity index (χ2n) is 6.39. The summed E-state index contributed by atoms with van der Waals surface area (Å²) in [6.45, 7) is 9.49. The van der Waals surface area contributed by atoms with Gasteiger partial charge in [0.1, 0.15) is 0 Å². The molecule has 1 fully saturated rings. The van der Waals surface area contributed by atoms with Crippen LogP contribution in [0.15, 0.2) is 0 Å². The highest BCUT2D eigenvalue weighted by molar-refractivity contribution is 4.81. The van der Waals surface area contributed by atoms with Crippen molar-refractivity contribution in [1.82, 2.24) is 4.90 Å². The van der Waals surface area contributed by atoms with Crippen molar-refractivity contribution >= 4 is 0 Å². The summed E-state index contributed by atoms with van der Waals surface area (Å²) in [5, 5.41) is 0. The van der Waals surface area contributed by atoms with Gasteiger partial charge in [-0.1, -0.05) is 34.1 Å². The van der Waals surface area contributed by atoms with Crippen molar-refractivity contribution in [1.29, 1.82) is 0 Å². The van der Waals surface area contributed by atoms with E-state index in [4.69, 9.17) is 0 Å². The van der Waals surface area contributed by atoms with E-state index in [2.05, 4.69) is 39.6 Å². The van der Waals surface area contributed by atoms with Crippen molar-refractivity contribution in [3.63, 3.8) is 0 Å². The van der Waals surface area contributed by atoms with Crippen LogP contribution in [-0.2, 0) is 0 Å². The molecule has 0 spiro atoms. The SMILES string of the molecule is CCC(C)CC(CC)N(C)C1CCC(C)CC1. The average Bonchev–Trinajstić information content (AvgIpc) is 2.35. The van der Waals surface area contributed by atoms with E-state index in [-0.39, 0.29) is 0 Å². The number of nitrogens with zero attached hydrogens (tertiary/aromatic N) is 1. The molecular weight excluding hydrogens is 206 g/mol. The first-order valence-corrected chi connectivity index (χ1v) is 7.80. The molecule has 0 heterocycles. The summed E-state index contributed by atoms with van der Waals surface area (Å²) in [6, 6.07) is 1.67. The van der Waals surface area contributed by atoms with E-state index in [1.165, 1.54) is 44.9 Å². The monoisotopic (exact) mass is 239 g/mol. The Morgan fingerprint density at radius 2 is 1.65 bits per heavy atom. The number of hydrogen-bond donors (Lipinski definition) is 0. The molecule has 102 valence electrons. The quantitative estimate of drug-likeness (QED) is 0.649. The van der Waals surface area contributed by atoms with Crippen molar-refractivity contribution < 1.29 is 0 Å². The highest BCUT2D eigenvalue weighted by Gasteiger charge is 2.26. The summed E-state index contributed by atoms with van der Waals surface area (Å²) in [5.74, 6) is 1.85. The van der Waals surface area contributed by atoms with E-state index >= 15 is 0 Å². The van der Waals surface area contributed by atoms with Crippen LogP contribution < -0.4 is 0 Å². The third-order valence-corrected chi connectivity index (χ3v) is 4.98. The zero-order valence-electron chi connectivity index (χ0n) is 12.7. The highest BCUT2D eigenvalue weighted by Crippen LogP contribution is 2.29. The normalized spacial score (nSPS) is 29.3. The standard InChI is InChI=1S/C16H33N/c1-6-13(3)12-15(7-2)17(5)16-10-8-14(4)9-11-16/h13-16H,6-12H2,1-5H3. The first-order valence-electron chi connectivity index (χ1n) is 7.80. The van der Waals surface area contributed by atoms with Gasteiger partial charge >= 0.3 is 0 Å². The summed E-state index contributed by atoms with van der Waals surface area (Å²) < 4.78 is 0. The van der Waals surface area contributed by atoms with Crippen molar-refractivity contribution in [2.24, 2.45) is 11.8 Å². The molecule has 0 bridgehead atoms. The molecule has 0 aromatic heterocycles. The Kier molecular flexibility index (Phi) is 6.54. The lowest BCUT2D eigenvalue weighted by molar-refractivity contribution is 0.106. The summed E-state index contributed by atoms with van der Waals surface area (Å²) in [4.78, 5) is 2.71. The molecule has 0 aromatic rings. The molecular formula is C16H33N. The van der Waals surface area contributed by atoms with Crippen LogP contribution in [0, 0.1) is 11.8 Å². The van der Waals surface area contributed by atoms with Crippen molar-refractivity contribution in [3.8, 4) is 0 Å². The van der Waals surface area contributed by atoms with Crippen LogP contribution in [0.5, 0.6) is 0 Å². The fraction of sp³-hybridized carbons (Fsp3) is 1.00. The third-order valence-electron chi connectivity index (χ3n) is 4.98. The first-order chi connectivity index (χ1) is 8.08. The first kappa shape index (κ1) is 15.0. The van der Waals surface area contributed by atoms with E-state index in [1.54, 1.807) is 0 Å². The number of hydrogen-bond acceptors (Lipinski definition) is 1. The minimum absolute atomic E-state index is 0.809. The van der Waals surface area contributed by atoms with Gasteiger partial charge in [-0.2, -0.15) is 0 Å². The van der Waals surface area contributed by atoms with Gasteiger partial charge in [-0.25, -0.2) is 0 Å². The van der Waals surface area contributed by atoms with Crippen molar-refractivity contribution in [3.05, 3.63) is 0 Å². The summed E-state index contributed by atoms with van der Waals surface area (Å²) in [5.41, 5.74) is 0. The van der Waals surface area contributed by atoms with Crippen LogP contribution in [-0.4, -0.2) is 24.0 Å². The molecule has 1 aliphatic rings. The summed E-state index contributed by atoms with van der Waals surface area (Å²) >= 11 is 0. The highest BCUT2D eigenvalue weighted by atomic mass is 15.2. The van der Waals surface area contributed by atoms with Crippen molar-refractivity contribution in [2.75, 3.05) is 7.05 Å². The van der Waals surface area contributed by atoms with Gasteiger partial charge in [-0.05, 0) is 57.4 Å². The maximum atomic E-state index is 2.71. The molecule has 1 nitrogen and oxygen atoms in total. The fourth-order valence-corrected chi connectivity index (χ4v) is 3.20. The molecule has 0 aromatic carbocycles. The van der Waals surface area contributed by atoms with Gasteiger partial charge in [0.15, 0.2) is 0 Å².